The van der Waals surface area contributed by atoms with Gasteiger partial charge in [0.2, 0.25) is 17.2 Å². The molecule has 0 atom stereocenters. The highest BCUT2D eigenvalue weighted by atomic mass is 16.4. The topological polar surface area (TPSA) is 101 Å². The third kappa shape index (κ3) is 2.08. The van der Waals surface area contributed by atoms with Crippen LogP contribution in [0.1, 0.15) is 26.3 Å². The van der Waals surface area contributed by atoms with E-state index in [1.165, 1.54) is 0 Å². The molecule has 1 aromatic rings. The maximum absolute atomic E-state index is 9.57. The smallest absolute Gasteiger partial charge is 0.208 e. The van der Waals surface area contributed by atoms with E-state index in [9.17, 15) is 25.5 Å². The lowest BCUT2D eigenvalue weighted by Crippen LogP contribution is -2.09. The molecule has 5 N–H and O–H groups in total. The Hall–Kier alpha value is -1.78. The van der Waals surface area contributed by atoms with Crippen molar-refractivity contribution in [2.24, 2.45) is 5.41 Å². The Labute approximate surface area is 93.2 Å². The molecule has 0 saturated heterocycles. The lowest BCUT2D eigenvalue weighted by Gasteiger charge is -2.20. The Morgan fingerprint density at radius 2 is 1.00 bits per heavy atom. The number of aromatic hydroxyl groups is 5. The SMILES string of the molecule is CC(C)(C)Cc1c(O)c(O)c(O)c(O)c1O. The highest BCUT2D eigenvalue weighted by molar-refractivity contribution is 5.67. The molecule has 1 aromatic carbocycles. The van der Waals surface area contributed by atoms with E-state index in [-0.39, 0.29) is 17.4 Å². The van der Waals surface area contributed by atoms with Crippen LogP contribution in [0.2, 0.25) is 0 Å². The van der Waals surface area contributed by atoms with Crippen LogP contribution in [0.15, 0.2) is 0 Å². The molecule has 0 aromatic heterocycles. The van der Waals surface area contributed by atoms with Gasteiger partial charge in [-0.3, -0.25) is 0 Å². The van der Waals surface area contributed by atoms with E-state index in [1.807, 2.05) is 20.8 Å². The molecule has 1 rings (SSSR count). The summed E-state index contributed by atoms with van der Waals surface area (Å²) in [6.07, 6.45) is 0.242. The summed E-state index contributed by atoms with van der Waals surface area (Å²) in [5.41, 5.74) is -0.245. The number of benzene rings is 1. The molecule has 90 valence electrons. The molecular weight excluding hydrogens is 212 g/mol. The second-order valence-electron chi connectivity index (χ2n) is 4.96. The largest absolute Gasteiger partial charge is 0.504 e. The molecule has 0 saturated carbocycles. The van der Waals surface area contributed by atoms with Crippen molar-refractivity contribution < 1.29 is 25.5 Å². The second-order valence-corrected chi connectivity index (χ2v) is 4.96. The Kier molecular flexibility index (Phi) is 2.81. The van der Waals surface area contributed by atoms with Gasteiger partial charge in [-0.05, 0) is 11.8 Å². The first-order valence-electron chi connectivity index (χ1n) is 4.83. The fourth-order valence-corrected chi connectivity index (χ4v) is 1.43. The van der Waals surface area contributed by atoms with Crippen molar-refractivity contribution in [2.75, 3.05) is 0 Å². The van der Waals surface area contributed by atoms with Gasteiger partial charge in [-0.15, -0.1) is 0 Å². The number of phenols is 5. The van der Waals surface area contributed by atoms with E-state index >= 15 is 0 Å². The molecule has 0 radical (unpaired) electrons. The lowest BCUT2D eigenvalue weighted by molar-refractivity contribution is 0.314. The van der Waals surface area contributed by atoms with Crippen molar-refractivity contribution in [3.8, 4) is 28.7 Å². The molecular formula is C11H16O5. The van der Waals surface area contributed by atoms with E-state index in [0.29, 0.717) is 0 Å². The molecule has 0 heterocycles. The number of hydrogen-bond acceptors (Lipinski definition) is 5. The first-order chi connectivity index (χ1) is 7.15. The predicted octanol–water partition coefficient (Wildman–Crippen LogP) is 1.80. The van der Waals surface area contributed by atoms with Gasteiger partial charge in [-0.1, -0.05) is 20.8 Å². The van der Waals surface area contributed by atoms with E-state index in [1.54, 1.807) is 0 Å². The summed E-state index contributed by atoms with van der Waals surface area (Å²) in [5.74, 6) is -3.79. The Morgan fingerprint density at radius 1 is 0.688 bits per heavy atom. The van der Waals surface area contributed by atoms with Gasteiger partial charge in [-0.25, -0.2) is 0 Å². The molecule has 0 aliphatic carbocycles. The zero-order chi connectivity index (χ0) is 12.7. The van der Waals surface area contributed by atoms with Crippen LogP contribution in [0.3, 0.4) is 0 Å². The third-order valence-corrected chi connectivity index (χ3v) is 2.18. The van der Waals surface area contributed by atoms with Gasteiger partial charge >= 0.3 is 0 Å². The van der Waals surface area contributed by atoms with Crippen LogP contribution >= 0.6 is 0 Å². The molecule has 0 aliphatic rings. The van der Waals surface area contributed by atoms with Crippen LogP contribution in [0, 0.1) is 5.41 Å². The second kappa shape index (κ2) is 3.66. The van der Waals surface area contributed by atoms with Gasteiger partial charge in [0.25, 0.3) is 0 Å². The van der Waals surface area contributed by atoms with Crippen molar-refractivity contribution in [2.45, 2.75) is 27.2 Å². The van der Waals surface area contributed by atoms with Crippen LogP contribution in [-0.2, 0) is 6.42 Å². The Morgan fingerprint density at radius 3 is 1.31 bits per heavy atom. The average molecular weight is 228 g/mol. The third-order valence-electron chi connectivity index (χ3n) is 2.18. The van der Waals surface area contributed by atoms with Gasteiger partial charge in [-0.2, -0.15) is 0 Å². The molecule has 0 unspecified atom stereocenters. The number of hydrogen-bond donors (Lipinski definition) is 5. The monoisotopic (exact) mass is 228 g/mol. The summed E-state index contributed by atoms with van der Waals surface area (Å²) in [6, 6.07) is 0. The first-order valence-corrected chi connectivity index (χ1v) is 4.83. The van der Waals surface area contributed by atoms with Gasteiger partial charge in [0.05, 0.1) is 0 Å². The predicted molar refractivity (Wildman–Crippen MR) is 57.9 cm³/mol. The van der Waals surface area contributed by atoms with Crippen LogP contribution in [-0.4, -0.2) is 25.5 Å². The molecule has 0 amide bonds. The summed E-state index contributed by atoms with van der Waals surface area (Å²) in [7, 11) is 0. The van der Waals surface area contributed by atoms with Gasteiger partial charge < -0.3 is 25.5 Å². The summed E-state index contributed by atoms with van der Waals surface area (Å²) >= 11 is 0. The summed E-state index contributed by atoms with van der Waals surface area (Å²) < 4.78 is 0. The average Bonchev–Trinajstić information content (AvgIpc) is 2.17. The summed E-state index contributed by atoms with van der Waals surface area (Å²) in [6.45, 7) is 5.60. The van der Waals surface area contributed by atoms with Crippen LogP contribution in [0.5, 0.6) is 28.7 Å². The van der Waals surface area contributed by atoms with Crippen molar-refractivity contribution in [3.05, 3.63) is 5.56 Å². The number of rotatable bonds is 1. The molecule has 5 nitrogen and oxygen atoms in total. The molecule has 0 aliphatic heterocycles. The summed E-state index contributed by atoms with van der Waals surface area (Å²) in [5, 5.41) is 46.9. The minimum absolute atomic E-state index is 0.0142. The number of phenolic OH excluding ortho intramolecular Hbond substituents is 5. The maximum atomic E-state index is 9.57. The highest BCUT2D eigenvalue weighted by Gasteiger charge is 2.26. The molecule has 0 spiro atoms. The highest BCUT2D eigenvalue weighted by Crippen LogP contribution is 2.51. The zero-order valence-corrected chi connectivity index (χ0v) is 9.44. The lowest BCUT2D eigenvalue weighted by atomic mass is 9.87. The fourth-order valence-electron chi connectivity index (χ4n) is 1.43. The molecule has 0 fully saturated rings. The first kappa shape index (κ1) is 12.3. The van der Waals surface area contributed by atoms with Crippen LogP contribution < -0.4 is 0 Å². The van der Waals surface area contributed by atoms with Crippen molar-refractivity contribution in [1.29, 1.82) is 0 Å². The normalized spacial score (nSPS) is 11.7. The van der Waals surface area contributed by atoms with Crippen molar-refractivity contribution in [1.82, 2.24) is 0 Å². The minimum atomic E-state index is -0.923. The van der Waals surface area contributed by atoms with Gasteiger partial charge in [0.15, 0.2) is 11.5 Å². The molecule has 5 heteroatoms. The fraction of sp³-hybridized carbons (Fsp3) is 0.455. The maximum Gasteiger partial charge on any atom is 0.208 e. The van der Waals surface area contributed by atoms with E-state index < -0.39 is 28.7 Å². The Bertz CT molecular complexity index is 388. The van der Waals surface area contributed by atoms with Crippen LogP contribution in [0.4, 0.5) is 0 Å². The standard InChI is InChI=1S/C11H16O5/c1-11(2,3)4-5-6(12)8(14)10(16)9(15)7(5)13/h12-16H,4H2,1-3H3. The van der Waals surface area contributed by atoms with E-state index in [4.69, 9.17) is 0 Å². The minimum Gasteiger partial charge on any atom is -0.504 e. The Balaban J connectivity index is 3.40. The summed E-state index contributed by atoms with van der Waals surface area (Å²) in [4.78, 5) is 0. The zero-order valence-electron chi connectivity index (χ0n) is 9.44. The van der Waals surface area contributed by atoms with Crippen LogP contribution in [0.25, 0.3) is 0 Å². The van der Waals surface area contributed by atoms with Crippen molar-refractivity contribution in [3.63, 3.8) is 0 Å². The van der Waals surface area contributed by atoms with E-state index in [2.05, 4.69) is 0 Å². The molecule has 0 bridgehead atoms. The van der Waals surface area contributed by atoms with E-state index in [0.717, 1.165) is 0 Å². The molecule has 16 heavy (non-hydrogen) atoms. The van der Waals surface area contributed by atoms with Crippen molar-refractivity contribution >= 4 is 0 Å². The van der Waals surface area contributed by atoms with Gasteiger partial charge in [0, 0.05) is 5.56 Å². The van der Waals surface area contributed by atoms with Gasteiger partial charge in [0.1, 0.15) is 0 Å². The quantitative estimate of drug-likeness (QED) is 0.372.